The quantitative estimate of drug-likeness (QED) is 0.165. The van der Waals surface area contributed by atoms with E-state index >= 15 is 0 Å². The van der Waals surface area contributed by atoms with Crippen LogP contribution in [0.3, 0.4) is 0 Å². The van der Waals surface area contributed by atoms with Crippen molar-refractivity contribution in [2.45, 2.75) is 11.3 Å². The van der Waals surface area contributed by atoms with Gasteiger partial charge in [0.15, 0.2) is 0 Å². The molecular formula is C50H34. The van der Waals surface area contributed by atoms with Gasteiger partial charge in [0, 0.05) is 5.92 Å². The Morgan fingerprint density at radius 2 is 0.620 bits per heavy atom. The summed E-state index contributed by atoms with van der Waals surface area (Å²) in [5.74, 6) is 0.138. The van der Waals surface area contributed by atoms with E-state index in [1.807, 2.05) is 0 Å². The second-order valence-electron chi connectivity index (χ2n) is 13.6. The highest BCUT2D eigenvalue weighted by atomic mass is 14.5. The number of hydrogen-bond donors (Lipinski definition) is 0. The first-order chi connectivity index (χ1) is 24.8. The van der Waals surface area contributed by atoms with E-state index in [1.165, 1.54) is 83.5 Å². The minimum Gasteiger partial charge on any atom is -0.0622 e. The van der Waals surface area contributed by atoms with E-state index in [1.54, 1.807) is 0 Å². The summed E-state index contributed by atoms with van der Waals surface area (Å²) >= 11 is 0. The lowest BCUT2D eigenvalue weighted by molar-refractivity contribution is 0.794. The van der Waals surface area contributed by atoms with Crippen molar-refractivity contribution in [2.75, 3.05) is 0 Å². The molecular weight excluding hydrogens is 601 g/mol. The molecule has 0 saturated heterocycles. The van der Waals surface area contributed by atoms with Crippen LogP contribution in [0.1, 0.15) is 44.9 Å². The molecule has 234 valence electrons. The first kappa shape index (κ1) is 28.7. The zero-order valence-corrected chi connectivity index (χ0v) is 27.6. The van der Waals surface area contributed by atoms with Crippen LogP contribution in [0.15, 0.2) is 200 Å². The van der Waals surface area contributed by atoms with E-state index in [4.69, 9.17) is 0 Å². The molecule has 0 radical (unpaired) electrons. The molecule has 8 aromatic rings. The maximum Gasteiger partial charge on any atom is 0.0725 e. The SMILES string of the molecule is c1ccc(-c2ccc(C(c3ccccc3)c3ccc(-c4ccc5c(c4)C4(c6ccccc6-c6ccccc64)c4ccccc4-5)cc3)cc2)cc1. The molecule has 0 saturated carbocycles. The van der Waals surface area contributed by atoms with Gasteiger partial charge in [0.2, 0.25) is 0 Å². The van der Waals surface area contributed by atoms with Gasteiger partial charge in [-0.2, -0.15) is 0 Å². The molecule has 2 aliphatic carbocycles. The molecule has 0 heteroatoms. The molecule has 0 aliphatic heterocycles. The Bertz CT molecular complexity index is 2440. The van der Waals surface area contributed by atoms with Gasteiger partial charge < -0.3 is 0 Å². The summed E-state index contributed by atoms with van der Waals surface area (Å²) < 4.78 is 0. The van der Waals surface area contributed by atoms with Crippen LogP contribution in [0.25, 0.3) is 44.5 Å². The van der Waals surface area contributed by atoms with Crippen molar-refractivity contribution in [3.8, 4) is 44.5 Å². The fraction of sp³-hybridized carbons (Fsp3) is 0.0400. The topological polar surface area (TPSA) is 0 Å². The normalized spacial score (nSPS) is 13.7. The Hall–Kier alpha value is -6.24. The zero-order valence-electron chi connectivity index (χ0n) is 27.6. The summed E-state index contributed by atoms with van der Waals surface area (Å²) in [6.07, 6.45) is 0. The average Bonchev–Trinajstić information content (AvgIpc) is 3.66. The summed E-state index contributed by atoms with van der Waals surface area (Å²) in [7, 11) is 0. The largest absolute Gasteiger partial charge is 0.0725 e. The molecule has 1 unspecified atom stereocenters. The Balaban J connectivity index is 1.08. The van der Waals surface area contributed by atoms with Gasteiger partial charge in [-0.3, -0.25) is 0 Å². The van der Waals surface area contributed by atoms with Crippen molar-refractivity contribution in [2.24, 2.45) is 0 Å². The second kappa shape index (κ2) is 11.4. The maximum absolute atomic E-state index is 2.47. The van der Waals surface area contributed by atoms with Gasteiger partial charge in [-0.1, -0.05) is 194 Å². The number of benzene rings is 8. The predicted molar refractivity (Wildman–Crippen MR) is 207 cm³/mol. The molecule has 0 nitrogen and oxygen atoms in total. The molecule has 50 heavy (non-hydrogen) atoms. The van der Waals surface area contributed by atoms with Gasteiger partial charge in [-0.25, -0.2) is 0 Å². The molecule has 1 spiro atoms. The van der Waals surface area contributed by atoms with Crippen molar-refractivity contribution >= 4 is 0 Å². The summed E-state index contributed by atoms with van der Waals surface area (Å²) in [5.41, 5.74) is 19.3. The molecule has 0 N–H and O–H groups in total. The Labute approximate surface area is 294 Å². The Morgan fingerprint density at radius 3 is 1.14 bits per heavy atom. The molecule has 10 rings (SSSR count). The van der Waals surface area contributed by atoms with Gasteiger partial charge in [-0.15, -0.1) is 0 Å². The van der Waals surface area contributed by atoms with Crippen molar-refractivity contribution in [1.29, 1.82) is 0 Å². The number of fused-ring (bicyclic) bond motifs is 10. The zero-order chi connectivity index (χ0) is 33.1. The Morgan fingerprint density at radius 1 is 0.260 bits per heavy atom. The third-order valence-electron chi connectivity index (χ3n) is 11.1. The molecule has 0 bridgehead atoms. The third kappa shape index (κ3) is 4.25. The van der Waals surface area contributed by atoms with E-state index in [9.17, 15) is 0 Å². The predicted octanol–water partition coefficient (Wildman–Crippen LogP) is 12.5. The molecule has 0 fully saturated rings. The van der Waals surface area contributed by atoms with Gasteiger partial charge in [0.05, 0.1) is 5.41 Å². The summed E-state index contributed by atoms with van der Waals surface area (Å²) in [6, 6.07) is 74.1. The van der Waals surface area contributed by atoms with Crippen LogP contribution in [0, 0.1) is 0 Å². The van der Waals surface area contributed by atoms with Crippen LogP contribution in [0.5, 0.6) is 0 Å². The molecule has 8 aromatic carbocycles. The minimum absolute atomic E-state index is 0.138. The maximum atomic E-state index is 2.47. The van der Waals surface area contributed by atoms with Crippen LogP contribution < -0.4 is 0 Å². The van der Waals surface area contributed by atoms with Crippen molar-refractivity contribution < 1.29 is 0 Å². The molecule has 0 heterocycles. The second-order valence-corrected chi connectivity index (χ2v) is 13.6. The van der Waals surface area contributed by atoms with Crippen LogP contribution >= 0.6 is 0 Å². The molecule has 2 aliphatic rings. The first-order valence-corrected chi connectivity index (χ1v) is 17.6. The molecule has 1 atom stereocenters. The monoisotopic (exact) mass is 634 g/mol. The van der Waals surface area contributed by atoms with E-state index in [0.717, 1.165) is 0 Å². The lowest BCUT2D eigenvalue weighted by Gasteiger charge is -2.30. The lowest BCUT2D eigenvalue weighted by Crippen LogP contribution is -2.25. The van der Waals surface area contributed by atoms with Crippen LogP contribution in [-0.4, -0.2) is 0 Å². The number of hydrogen-bond acceptors (Lipinski definition) is 0. The van der Waals surface area contributed by atoms with Crippen LogP contribution in [0.4, 0.5) is 0 Å². The first-order valence-electron chi connectivity index (χ1n) is 17.6. The average molecular weight is 635 g/mol. The van der Waals surface area contributed by atoms with Crippen LogP contribution in [0.2, 0.25) is 0 Å². The van der Waals surface area contributed by atoms with Gasteiger partial charge >= 0.3 is 0 Å². The number of rotatable bonds is 5. The smallest absolute Gasteiger partial charge is 0.0622 e. The van der Waals surface area contributed by atoms with Crippen LogP contribution in [-0.2, 0) is 5.41 Å². The summed E-state index contributed by atoms with van der Waals surface area (Å²) in [6.45, 7) is 0. The molecule has 0 aromatic heterocycles. The van der Waals surface area contributed by atoms with Gasteiger partial charge in [0.1, 0.15) is 0 Å². The summed E-state index contributed by atoms with van der Waals surface area (Å²) in [4.78, 5) is 0. The van der Waals surface area contributed by atoms with Gasteiger partial charge in [0.25, 0.3) is 0 Å². The van der Waals surface area contributed by atoms with Crippen molar-refractivity contribution in [1.82, 2.24) is 0 Å². The van der Waals surface area contributed by atoms with Crippen molar-refractivity contribution in [3.05, 3.63) is 239 Å². The van der Waals surface area contributed by atoms with E-state index in [0.29, 0.717) is 0 Å². The van der Waals surface area contributed by atoms with Gasteiger partial charge in [-0.05, 0) is 89.5 Å². The third-order valence-corrected chi connectivity index (χ3v) is 11.1. The van der Waals surface area contributed by atoms with E-state index < -0.39 is 0 Å². The fourth-order valence-electron chi connectivity index (χ4n) is 8.86. The molecule has 0 amide bonds. The van der Waals surface area contributed by atoms with Crippen molar-refractivity contribution in [3.63, 3.8) is 0 Å². The standard InChI is InChI=1S/C50H34/c1-3-13-34(14-4-1)35-23-27-38(28-24-35)49(37-15-5-2-6-16-37)39-29-25-36(26-30-39)40-31-32-44-43-19-9-12-22-47(43)50(48(44)33-40)45-20-10-7-17-41(45)42-18-8-11-21-46(42)50/h1-33,49H. The highest BCUT2D eigenvalue weighted by Crippen LogP contribution is 2.63. The fourth-order valence-corrected chi connectivity index (χ4v) is 8.86. The summed E-state index contributed by atoms with van der Waals surface area (Å²) in [5, 5.41) is 0. The van der Waals surface area contributed by atoms with E-state index in [-0.39, 0.29) is 11.3 Å². The minimum atomic E-state index is -0.334. The van der Waals surface area contributed by atoms with E-state index in [2.05, 4.69) is 200 Å². The lowest BCUT2D eigenvalue weighted by atomic mass is 9.70. The highest BCUT2D eigenvalue weighted by molar-refractivity contribution is 5.95. The highest BCUT2D eigenvalue weighted by Gasteiger charge is 2.51. The Kier molecular flexibility index (Phi) is 6.57.